The number of ether oxygens (including phenoxy) is 2. The van der Waals surface area contributed by atoms with Crippen molar-refractivity contribution in [3.8, 4) is 46.2 Å². The van der Waals surface area contributed by atoms with E-state index in [9.17, 15) is 17.9 Å². The lowest BCUT2D eigenvalue weighted by Crippen LogP contribution is -2.33. The van der Waals surface area contributed by atoms with Gasteiger partial charge < -0.3 is 45.2 Å². The van der Waals surface area contributed by atoms with Crippen LogP contribution in [0.5, 0.6) is 11.5 Å². The van der Waals surface area contributed by atoms with Crippen molar-refractivity contribution in [3.63, 3.8) is 0 Å². The lowest BCUT2D eigenvalue weighted by atomic mass is 10.0. The van der Waals surface area contributed by atoms with Crippen LogP contribution < -0.4 is 31.2 Å². The van der Waals surface area contributed by atoms with Crippen LogP contribution >= 0.6 is 11.6 Å². The molecule has 0 unspecified atom stereocenters. The van der Waals surface area contributed by atoms with Crippen molar-refractivity contribution in [1.82, 2.24) is 45.4 Å². The Hall–Kier alpha value is -7.15. The summed E-state index contributed by atoms with van der Waals surface area (Å²) in [7, 11) is -3.02. The van der Waals surface area contributed by atoms with Gasteiger partial charge in [-0.05, 0) is 123 Å². The normalized spacial score (nSPS) is 13.9. The first kappa shape index (κ1) is 50.2. The molecule has 0 spiro atoms. The Labute approximate surface area is 414 Å². The number of benzene rings is 3. The number of anilines is 3. The number of nitrogens with two attached hydrogens (primary N) is 1. The number of nitrogens with one attached hydrogen (secondary N) is 3. The summed E-state index contributed by atoms with van der Waals surface area (Å²) in [6, 6.07) is 21.0. The van der Waals surface area contributed by atoms with Gasteiger partial charge in [0.25, 0.3) is 0 Å². The standard InChI is InChI=1S/C29H26ClFN4O4S.C21H27N7O3/c1-40(36,37)12-11-32-16-23-7-10-27(39-23)20-5-8-26-24(14-20)29(34-18-33-26)35-22-6-9-28(25(30)15-22)38-17-19-3-2-4-21(31)13-19;1-4-28-18-15(30-12-13-6-5-9-23-10-13)11-24-14(7-8-21(2,3)29)16(18)25-20(28)17-19(22)27-31-26-17/h2-10,13-15,18,32H,11-12,16-17H2,1H3,(H,33,34,35);11,13,23,29H,4-6,9-10,12H2,1-3H3,(H2,22,27)/t;13-/m.0/s1. The monoisotopic (exact) mass is 1010 g/mol. The topological polar surface area (TPSA) is 243 Å². The highest BCUT2D eigenvalue weighted by Crippen LogP contribution is 2.35. The van der Waals surface area contributed by atoms with E-state index in [1.165, 1.54) is 24.7 Å². The molecule has 0 saturated carbocycles. The molecule has 0 radical (unpaired) electrons. The number of imidazole rings is 1. The van der Waals surface area contributed by atoms with Crippen molar-refractivity contribution < 1.29 is 36.4 Å². The molecule has 6 N–H and O–H groups in total. The highest BCUT2D eigenvalue weighted by Gasteiger charge is 2.24. The number of fused-ring (bicyclic) bond motifs is 2. The van der Waals surface area contributed by atoms with E-state index in [1.807, 2.05) is 47.9 Å². The Bertz CT molecular complexity index is 3320. The molecule has 3 aromatic carbocycles. The SMILES string of the molecule is CCn1c(-c2nonc2N)nc2c(C#CC(C)(C)O)ncc(OC[C@H]3CCCNC3)c21.CS(=O)(=O)CCNCc1ccc(-c2ccc3ncnc(Nc4ccc(OCc5cccc(F)c5)c(Cl)c4)c3c2)o1. The molecule has 21 heteroatoms. The Morgan fingerprint density at radius 2 is 1.92 bits per heavy atom. The van der Waals surface area contributed by atoms with Gasteiger partial charge in [0.15, 0.2) is 23.1 Å². The minimum Gasteiger partial charge on any atom is -0.489 e. The van der Waals surface area contributed by atoms with Crippen LogP contribution in [-0.4, -0.2) is 92.2 Å². The van der Waals surface area contributed by atoms with E-state index < -0.39 is 15.4 Å². The van der Waals surface area contributed by atoms with Crippen molar-refractivity contribution in [2.75, 3.05) is 49.3 Å². The maximum Gasteiger partial charge on any atom is 0.199 e. The van der Waals surface area contributed by atoms with Crippen LogP contribution in [0.3, 0.4) is 0 Å². The summed E-state index contributed by atoms with van der Waals surface area (Å²) >= 11 is 6.47. The van der Waals surface area contributed by atoms with Crippen LogP contribution in [-0.2, 0) is 29.5 Å². The van der Waals surface area contributed by atoms with Gasteiger partial charge in [-0.2, -0.15) is 0 Å². The van der Waals surface area contributed by atoms with E-state index in [1.54, 1.807) is 44.3 Å². The summed E-state index contributed by atoms with van der Waals surface area (Å²) in [5.41, 5.74) is 9.85. The van der Waals surface area contributed by atoms with Gasteiger partial charge in [0, 0.05) is 48.4 Å². The first-order chi connectivity index (χ1) is 34.1. The number of pyridine rings is 1. The van der Waals surface area contributed by atoms with Crippen LogP contribution in [0.4, 0.5) is 21.7 Å². The van der Waals surface area contributed by atoms with Crippen LogP contribution in [0.25, 0.3) is 44.8 Å². The Kier molecular flexibility index (Phi) is 15.8. The zero-order valence-corrected chi connectivity index (χ0v) is 41.1. The fraction of sp³-hybridized carbons (Fsp3) is 0.320. The maximum absolute atomic E-state index is 13.4. The number of furan rings is 1. The van der Waals surface area contributed by atoms with Crippen LogP contribution in [0.15, 0.2) is 94.4 Å². The van der Waals surface area contributed by atoms with Crippen molar-refractivity contribution in [2.45, 2.75) is 58.9 Å². The Morgan fingerprint density at radius 1 is 1.06 bits per heavy atom. The molecule has 8 aromatic rings. The van der Waals surface area contributed by atoms with Gasteiger partial charge in [0.05, 0.1) is 35.6 Å². The molecule has 1 fully saturated rings. The van der Waals surface area contributed by atoms with Gasteiger partial charge in [0.2, 0.25) is 0 Å². The molecule has 9 rings (SSSR count). The van der Waals surface area contributed by atoms with Crippen LogP contribution in [0.2, 0.25) is 5.02 Å². The number of nitrogens with zero attached hydrogens (tertiary/aromatic N) is 7. The number of hydrogen-bond donors (Lipinski definition) is 5. The number of sulfone groups is 1. The van der Waals surface area contributed by atoms with E-state index in [4.69, 9.17) is 40.8 Å². The molecule has 0 bridgehead atoms. The molecular weight excluding hydrogens is 953 g/mol. The third-order valence-electron chi connectivity index (χ3n) is 11.1. The molecule has 5 aromatic heterocycles. The molecule has 1 saturated heterocycles. The third kappa shape index (κ3) is 13.2. The van der Waals surface area contributed by atoms with Crippen molar-refractivity contribution in [1.29, 1.82) is 0 Å². The van der Waals surface area contributed by atoms with Crippen LogP contribution in [0, 0.1) is 23.6 Å². The molecule has 0 aliphatic carbocycles. The summed E-state index contributed by atoms with van der Waals surface area (Å²) in [5, 5.41) is 28.6. The molecule has 1 aliphatic heterocycles. The summed E-state index contributed by atoms with van der Waals surface area (Å²) in [6.45, 7) is 9.33. The van der Waals surface area contributed by atoms with Gasteiger partial charge in [-0.15, -0.1) is 0 Å². The molecule has 71 heavy (non-hydrogen) atoms. The van der Waals surface area contributed by atoms with Crippen molar-refractivity contribution in [2.24, 2.45) is 5.92 Å². The fourth-order valence-corrected chi connectivity index (χ4v) is 8.41. The lowest BCUT2D eigenvalue weighted by Gasteiger charge is -2.23. The molecule has 6 heterocycles. The van der Waals surface area contributed by atoms with Gasteiger partial charge in [-0.25, -0.2) is 37.4 Å². The number of aryl methyl sites for hydroxylation is 1. The maximum atomic E-state index is 13.4. The molecule has 0 amide bonds. The second-order valence-electron chi connectivity index (χ2n) is 17.4. The van der Waals surface area contributed by atoms with E-state index >= 15 is 0 Å². The second kappa shape index (κ2) is 22.3. The minimum absolute atomic E-state index is 0.0664. The summed E-state index contributed by atoms with van der Waals surface area (Å²) < 4.78 is 60.7. The molecule has 370 valence electrons. The van der Waals surface area contributed by atoms with Gasteiger partial charge in [0.1, 0.15) is 74.0 Å². The van der Waals surface area contributed by atoms with Crippen molar-refractivity contribution in [3.05, 3.63) is 113 Å². The minimum atomic E-state index is -3.02. The van der Waals surface area contributed by atoms with E-state index in [2.05, 4.69) is 53.1 Å². The second-order valence-corrected chi connectivity index (χ2v) is 20.1. The predicted molar refractivity (Wildman–Crippen MR) is 269 cm³/mol. The number of aromatic nitrogens is 7. The summed E-state index contributed by atoms with van der Waals surface area (Å²) in [6.07, 6.45) is 6.62. The molecular formula is C50H53ClFN11O7S. The third-order valence-corrected chi connectivity index (χ3v) is 12.4. The largest absolute Gasteiger partial charge is 0.489 e. The quantitative estimate of drug-likeness (QED) is 0.0459. The number of aliphatic hydroxyl groups is 1. The number of nitrogen functional groups attached to an aromatic ring is 1. The number of rotatable bonds is 16. The highest BCUT2D eigenvalue weighted by atomic mass is 35.5. The fourth-order valence-electron chi connectivity index (χ4n) is 7.66. The van der Waals surface area contributed by atoms with Gasteiger partial charge in [-0.3, -0.25) is 0 Å². The number of hydrogen-bond acceptors (Lipinski definition) is 17. The van der Waals surface area contributed by atoms with E-state index in [0.29, 0.717) is 100.0 Å². The molecule has 1 aliphatic rings. The van der Waals surface area contributed by atoms with E-state index in [0.717, 1.165) is 47.9 Å². The predicted octanol–water partition coefficient (Wildman–Crippen LogP) is 7.72. The highest BCUT2D eigenvalue weighted by molar-refractivity contribution is 7.90. The van der Waals surface area contributed by atoms with E-state index in [-0.39, 0.29) is 24.0 Å². The Morgan fingerprint density at radius 3 is 2.65 bits per heavy atom. The average Bonchev–Trinajstić information content (AvgIpc) is 4.10. The summed E-state index contributed by atoms with van der Waals surface area (Å²) in [5.74, 6) is 9.62. The average molecular weight is 1010 g/mol. The zero-order chi connectivity index (χ0) is 50.1. The molecule has 1 atom stereocenters. The van der Waals surface area contributed by atoms with Crippen LogP contribution in [0.1, 0.15) is 50.6 Å². The first-order valence-corrected chi connectivity index (χ1v) is 25.3. The Balaban J connectivity index is 0.000000197. The van der Waals surface area contributed by atoms with Gasteiger partial charge in [-0.1, -0.05) is 29.7 Å². The zero-order valence-electron chi connectivity index (χ0n) is 39.5. The molecule has 18 nitrogen and oxygen atoms in total. The number of halogens is 2. The van der Waals surface area contributed by atoms with Crippen molar-refractivity contribution >= 4 is 60.7 Å². The first-order valence-electron chi connectivity index (χ1n) is 22.8. The summed E-state index contributed by atoms with van der Waals surface area (Å²) in [4.78, 5) is 18.0. The number of piperidine rings is 1. The smallest absolute Gasteiger partial charge is 0.199 e. The lowest BCUT2D eigenvalue weighted by molar-refractivity contribution is 0.143. The van der Waals surface area contributed by atoms with Gasteiger partial charge >= 0.3 is 0 Å².